The molecular weight excluding hydrogens is 439 g/mol. The smallest absolute Gasteiger partial charge is 0.253 e. The van der Waals surface area contributed by atoms with Crippen LogP contribution in [0.2, 0.25) is 10.0 Å². The molecule has 0 radical (unpaired) electrons. The minimum Gasteiger partial charge on any atom is -0.370 e. The SMILES string of the molecule is CCN(CCNC(=O)CNC(=O)CNC(=O)c1ccc(Cl)cc1Cl)c1cccc(C)c1. The number of rotatable bonds is 10. The van der Waals surface area contributed by atoms with Gasteiger partial charge in [-0.3, -0.25) is 14.4 Å². The maximum Gasteiger partial charge on any atom is 0.253 e. The molecule has 0 bridgehead atoms. The molecule has 0 heterocycles. The number of carbonyl (C=O) groups is 3. The number of amides is 3. The second-order valence-electron chi connectivity index (χ2n) is 6.85. The van der Waals surface area contributed by atoms with Crippen LogP contribution in [0, 0.1) is 6.92 Å². The standard InChI is InChI=1S/C22H26Cl2N4O3/c1-3-28(17-6-4-5-15(2)11-17)10-9-25-20(29)13-26-21(30)14-27-22(31)18-8-7-16(23)12-19(18)24/h4-8,11-12H,3,9-10,13-14H2,1-2H3,(H,25,29)(H,26,30)(H,27,31). The van der Waals surface area contributed by atoms with Crippen LogP contribution in [-0.2, 0) is 9.59 Å². The lowest BCUT2D eigenvalue weighted by atomic mass is 10.2. The molecule has 3 amide bonds. The Kier molecular flexibility index (Phi) is 9.62. The molecule has 166 valence electrons. The third-order valence-corrected chi connectivity index (χ3v) is 5.03. The zero-order chi connectivity index (χ0) is 22.8. The molecule has 2 aromatic carbocycles. The van der Waals surface area contributed by atoms with Crippen LogP contribution in [0.5, 0.6) is 0 Å². The molecule has 0 saturated heterocycles. The van der Waals surface area contributed by atoms with Crippen LogP contribution in [0.4, 0.5) is 5.69 Å². The number of carbonyl (C=O) groups excluding carboxylic acids is 3. The number of hydrogen-bond donors (Lipinski definition) is 3. The Morgan fingerprint density at radius 2 is 1.65 bits per heavy atom. The molecule has 0 aliphatic carbocycles. The summed E-state index contributed by atoms with van der Waals surface area (Å²) in [5, 5.41) is 8.30. The van der Waals surface area contributed by atoms with Crippen LogP contribution in [0.15, 0.2) is 42.5 Å². The molecule has 0 aliphatic heterocycles. The number of anilines is 1. The van der Waals surface area contributed by atoms with E-state index in [9.17, 15) is 14.4 Å². The first-order valence-electron chi connectivity index (χ1n) is 9.88. The fraction of sp³-hybridized carbons (Fsp3) is 0.318. The maximum absolute atomic E-state index is 12.1. The van der Waals surface area contributed by atoms with Gasteiger partial charge in [-0.2, -0.15) is 0 Å². The zero-order valence-corrected chi connectivity index (χ0v) is 19.0. The van der Waals surface area contributed by atoms with Gasteiger partial charge in [0.2, 0.25) is 11.8 Å². The van der Waals surface area contributed by atoms with Crippen molar-refractivity contribution >= 4 is 46.6 Å². The fourth-order valence-corrected chi connectivity index (χ4v) is 3.35. The predicted octanol–water partition coefficient (Wildman–Crippen LogP) is 2.79. The van der Waals surface area contributed by atoms with Crippen molar-refractivity contribution in [3.05, 3.63) is 63.6 Å². The molecule has 2 aromatic rings. The van der Waals surface area contributed by atoms with Crippen LogP contribution in [-0.4, -0.2) is 50.4 Å². The minimum atomic E-state index is -0.503. The van der Waals surface area contributed by atoms with E-state index in [0.717, 1.165) is 12.2 Å². The van der Waals surface area contributed by atoms with Crippen molar-refractivity contribution in [3.8, 4) is 0 Å². The summed E-state index contributed by atoms with van der Waals surface area (Å²) in [7, 11) is 0. The first-order chi connectivity index (χ1) is 14.8. The van der Waals surface area contributed by atoms with E-state index in [-0.39, 0.29) is 29.6 Å². The topological polar surface area (TPSA) is 90.5 Å². The molecule has 0 spiro atoms. The Balaban J connectivity index is 1.68. The van der Waals surface area contributed by atoms with Gasteiger partial charge in [-0.05, 0) is 49.7 Å². The number of hydrogen-bond acceptors (Lipinski definition) is 4. The highest BCUT2D eigenvalue weighted by Crippen LogP contribution is 2.20. The summed E-state index contributed by atoms with van der Waals surface area (Å²) in [4.78, 5) is 38.1. The lowest BCUT2D eigenvalue weighted by Crippen LogP contribution is -2.43. The lowest BCUT2D eigenvalue weighted by molar-refractivity contribution is -0.125. The van der Waals surface area contributed by atoms with E-state index in [1.807, 2.05) is 25.1 Å². The second kappa shape index (κ2) is 12.2. The van der Waals surface area contributed by atoms with Gasteiger partial charge in [0.1, 0.15) is 0 Å². The number of aryl methyl sites for hydroxylation is 1. The summed E-state index contributed by atoms with van der Waals surface area (Å²) in [6, 6.07) is 12.6. The highest BCUT2D eigenvalue weighted by atomic mass is 35.5. The number of nitrogens with one attached hydrogen (secondary N) is 3. The molecule has 0 aromatic heterocycles. The van der Waals surface area contributed by atoms with E-state index in [1.165, 1.54) is 23.8 Å². The van der Waals surface area contributed by atoms with Gasteiger partial charge in [-0.15, -0.1) is 0 Å². The predicted molar refractivity (Wildman–Crippen MR) is 124 cm³/mol. The van der Waals surface area contributed by atoms with Gasteiger partial charge in [0.25, 0.3) is 5.91 Å². The second-order valence-corrected chi connectivity index (χ2v) is 7.70. The summed E-state index contributed by atoms with van der Waals surface area (Å²) < 4.78 is 0. The molecule has 3 N–H and O–H groups in total. The third kappa shape index (κ3) is 8.11. The van der Waals surface area contributed by atoms with Crippen molar-refractivity contribution in [2.24, 2.45) is 0 Å². The molecule has 2 rings (SSSR count). The van der Waals surface area contributed by atoms with E-state index in [1.54, 1.807) is 0 Å². The number of halogens is 2. The van der Waals surface area contributed by atoms with E-state index in [2.05, 4.69) is 33.8 Å². The molecule has 0 aliphatic rings. The van der Waals surface area contributed by atoms with Crippen molar-refractivity contribution in [1.29, 1.82) is 0 Å². The van der Waals surface area contributed by atoms with E-state index < -0.39 is 11.8 Å². The Morgan fingerprint density at radius 1 is 0.935 bits per heavy atom. The average molecular weight is 465 g/mol. The average Bonchev–Trinajstić information content (AvgIpc) is 2.73. The Labute approximate surface area is 192 Å². The highest BCUT2D eigenvalue weighted by Gasteiger charge is 2.13. The number of likely N-dealkylation sites (N-methyl/N-ethyl adjacent to an activating group) is 1. The van der Waals surface area contributed by atoms with Crippen molar-refractivity contribution in [1.82, 2.24) is 16.0 Å². The first kappa shape index (κ1) is 24.5. The van der Waals surface area contributed by atoms with Crippen molar-refractivity contribution in [2.45, 2.75) is 13.8 Å². The first-order valence-corrected chi connectivity index (χ1v) is 10.6. The van der Waals surface area contributed by atoms with Gasteiger partial charge in [-0.1, -0.05) is 35.3 Å². The summed E-state index contributed by atoms with van der Waals surface area (Å²) in [6.45, 7) is 5.55. The highest BCUT2D eigenvalue weighted by molar-refractivity contribution is 6.36. The quantitative estimate of drug-likeness (QED) is 0.504. The van der Waals surface area contributed by atoms with Gasteiger partial charge in [-0.25, -0.2) is 0 Å². The van der Waals surface area contributed by atoms with Crippen molar-refractivity contribution in [2.75, 3.05) is 37.6 Å². The molecule has 0 unspecified atom stereocenters. The number of nitrogens with zero attached hydrogens (tertiary/aromatic N) is 1. The Bertz CT molecular complexity index is 937. The molecule has 31 heavy (non-hydrogen) atoms. The minimum absolute atomic E-state index is 0.174. The summed E-state index contributed by atoms with van der Waals surface area (Å²) in [6.07, 6.45) is 0. The summed E-state index contributed by atoms with van der Waals surface area (Å²) in [5.41, 5.74) is 2.49. The van der Waals surface area contributed by atoms with Gasteiger partial charge in [0.15, 0.2) is 0 Å². The van der Waals surface area contributed by atoms with Crippen molar-refractivity contribution < 1.29 is 14.4 Å². The molecule has 0 saturated carbocycles. The van der Waals surface area contributed by atoms with Gasteiger partial charge < -0.3 is 20.9 Å². The fourth-order valence-electron chi connectivity index (χ4n) is 2.86. The van der Waals surface area contributed by atoms with Crippen molar-refractivity contribution in [3.63, 3.8) is 0 Å². The van der Waals surface area contributed by atoms with Gasteiger partial charge in [0, 0.05) is 30.3 Å². The lowest BCUT2D eigenvalue weighted by Gasteiger charge is -2.23. The normalized spacial score (nSPS) is 10.3. The Morgan fingerprint density at radius 3 is 2.32 bits per heavy atom. The summed E-state index contributed by atoms with van der Waals surface area (Å²) >= 11 is 11.8. The molecular formula is C22H26Cl2N4O3. The molecule has 9 heteroatoms. The number of benzene rings is 2. The summed E-state index contributed by atoms with van der Waals surface area (Å²) in [5.74, 6) is -1.29. The molecule has 0 atom stereocenters. The Hall–Kier alpha value is -2.77. The largest absolute Gasteiger partial charge is 0.370 e. The zero-order valence-electron chi connectivity index (χ0n) is 17.5. The van der Waals surface area contributed by atoms with E-state index >= 15 is 0 Å². The van der Waals surface area contributed by atoms with Crippen LogP contribution in [0.1, 0.15) is 22.8 Å². The monoisotopic (exact) mass is 464 g/mol. The molecule has 0 fully saturated rings. The molecule has 7 nitrogen and oxygen atoms in total. The van der Waals surface area contributed by atoms with E-state index in [4.69, 9.17) is 23.2 Å². The van der Waals surface area contributed by atoms with Gasteiger partial charge in [0.05, 0.1) is 23.7 Å². The van der Waals surface area contributed by atoms with Crippen LogP contribution in [0.25, 0.3) is 0 Å². The van der Waals surface area contributed by atoms with Crippen LogP contribution < -0.4 is 20.9 Å². The van der Waals surface area contributed by atoms with Crippen LogP contribution in [0.3, 0.4) is 0 Å². The van der Waals surface area contributed by atoms with Gasteiger partial charge >= 0.3 is 0 Å². The third-order valence-electron chi connectivity index (χ3n) is 4.48. The van der Waals surface area contributed by atoms with Crippen LogP contribution >= 0.6 is 23.2 Å². The van der Waals surface area contributed by atoms with E-state index in [0.29, 0.717) is 18.1 Å². The maximum atomic E-state index is 12.1.